The number of hydrogen-bond acceptors (Lipinski definition) is 6. The van der Waals surface area contributed by atoms with E-state index in [0.29, 0.717) is 42.4 Å². The first-order valence-electron chi connectivity index (χ1n) is 16.9. The number of nitrogens with one attached hydrogen (secondary N) is 2. The SMILES string of the molecule is C[C@@H]1CCCCO[C@@H](CN(C)C(=O)C2CCCCC2)[C@@H](C)CN([C@@H](C)CO)C(=O)c2cc(NC(=O)Nc3ccccc3)ccc2O1. The number of amides is 4. The molecule has 10 nitrogen and oxygen atoms in total. The second kappa shape index (κ2) is 17.3. The van der Waals surface area contributed by atoms with Gasteiger partial charge >= 0.3 is 6.03 Å². The summed E-state index contributed by atoms with van der Waals surface area (Å²) in [5.74, 6) is 0.212. The topological polar surface area (TPSA) is 120 Å². The van der Waals surface area contributed by atoms with Crippen molar-refractivity contribution in [3.63, 3.8) is 0 Å². The number of rotatable bonds is 7. The lowest BCUT2D eigenvalue weighted by Crippen LogP contribution is -2.48. The molecule has 4 rings (SSSR count). The minimum atomic E-state index is -0.492. The maximum atomic E-state index is 14.3. The molecule has 1 fully saturated rings. The number of likely N-dealkylation sites (N-methyl/N-ethyl adjacent to an activating group) is 1. The molecule has 3 N–H and O–H groups in total. The molecule has 0 unspecified atom stereocenters. The Bertz CT molecular complexity index is 1280. The number of carbonyl (C=O) groups excluding carboxylic acids is 3. The molecule has 2 aromatic carbocycles. The lowest BCUT2D eigenvalue weighted by Gasteiger charge is -2.36. The molecular formula is C36H52N4O6. The van der Waals surface area contributed by atoms with Crippen molar-refractivity contribution in [1.82, 2.24) is 9.80 Å². The van der Waals surface area contributed by atoms with Crippen LogP contribution in [0.5, 0.6) is 5.75 Å². The van der Waals surface area contributed by atoms with Gasteiger partial charge in [-0.05, 0) is 76.3 Å². The molecule has 0 spiro atoms. The van der Waals surface area contributed by atoms with Gasteiger partial charge in [-0.2, -0.15) is 0 Å². The van der Waals surface area contributed by atoms with Crippen molar-refractivity contribution in [2.75, 3.05) is 44.0 Å². The first-order valence-corrected chi connectivity index (χ1v) is 16.9. The van der Waals surface area contributed by atoms with E-state index in [1.54, 1.807) is 42.2 Å². The summed E-state index contributed by atoms with van der Waals surface area (Å²) >= 11 is 0. The highest BCUT2D eigenvalue weighted by atomic mass is 16.5. The van der Waals surface area contributed by atoms with E-state index in [4.69, 9.17) is 9.47 Å². The standard InChI is InChI=1S/C36H52N4O6/c1-25-22-40(26(2)24-41)35(43)31-21-30(38-36(44)37-29-16-9-6-10-17-29)18-19-32(31)46-27(3)13-11-12-20-45-33(25)23-39(4)34(42)28-14-7-5-8-15-28/h6,9-10,16-19,21,25-28,33,41H,5,7-8,11-15,20,22-24H2,1-4H3,(H2,37,38,44)/t25-,26-,27+,33-/m0/s1. The van der Waals surface area contributed by atoms with Crippen LogP contribution < -0.4 is 15.4 Å². The Kier molecular flexibility index (Phi) is 13.3. The predicted octanol–water partition coefficient (Wildman–Crippen LogP) is 6.16. The molecule has 0 radical (unpaired) electrons. The van der Waals surface area contributed by atoms with E-state index >= 15 is 0 Å². The largest absolute Gasteiger partial charge is 0.490 e. The predicted molar refractivity (Wildman–Crippen MR) is 180 cm³/mol. The molecule has 4 atom stereocenters. The molecular weight excluding hydrogens is 584 g/mol. The molecule has 2 aromatic rings. The van der Waals surface area contributed by atoms with Crippen molar-refractivity contribution in [2.24, 2.45) is 11.8 Å². The summed E-state index contributed by atoms with van der Waals surface area (Å²) in [6.07, 6.45) is 7.30. The van der Waals surface area contributed by atoms with Crippen LogP contribution in [-0.4, -0.2) is 84.4 Å². The van der Waals surface area contributed by atoms with Gasteiger partial charge in [-0.3, -0.25) is 9.59 Å². The Morgan fingerprint density at radius 3 is 2.39 bits per heavy atom. The molecule has 1 aliphatic heterocycles. The van der Waals surface area contributed by atoms with Crippen molar-refractivity contribution in [3.05, 3.63) is 54.1 Å². The van der Waals surface area contributed by atoms with Crippen LogP contribution in [0.15, 0.2) is 48.5 Å². The first kappa shape index (κ1) is 35.2. The Hall–Kier alpha value is -3.63. The normalized spacial score (nSPS) is 22.5. The van der Waals surface area contributed by atoms with Gasteiger partial charge in [0.15, 0.2) is 0 Å². The number of carbonyl (C=O) groups is 3. The lowest BCUT2D eigenvalue weighted by molar-refractivity contribution is -0.137. The minimum absolute atomic E-state index is 0.0654. The zero-order chi connectivity index (χ0) is 33.1. The number of nitrogens with zero attached hydrogens (tertiary/aromatic N) is 2. The number of anilines is 2. The van der Waals surface area contributed by atoms with E-state index in [1.807, 2.05) is 44.0 Å². The van der Waals surface area contributed by atoms with Crippen molar-refractivity contribution < 1.29 is 29.0 Å². The second-order valence-corrected chi connectivity index (χ2v) is 13.0. The third-order valence-corrected chi connectivity index (χ3v) is 9.13. The van der Waals surface area contributed by atoms with Crippen LogP contribution in [0.4, 0.5) is 16.2 Å². The van der Waals surface area contributed by atoms with Crippen LogP contribution in [0.2, 0.25) is 0 Å². The van der Waals surface area contributed by atoms with Crippen molar-refractivity contribution >= 4 is 29.2 Å². The highest BCUT2D eigenvalue weighted by molar-refractivity contribution is 6.02. The summed E-state index contributed by atoms with van der Waals surface area (Å²) in [7, 11) is 1.86. The Labute approximate surface area is 273 Å². The monoisotopic (exact) mass is 636 g/mol. The molecule has 1 aliphatic carbocycles. The van der Waals surface area contributed by atoms with E-state index in [0.717, 1.165) is 44.9 Å². The van der Waals surface area contributed by atoms with Gasteiger partial charge in [0, 0.05) is 50.0 Å². The second-order valence-electron chi connectivity index (χ2n) is 13.0. The molecule has 4 amide bonds. The summed E-state index contributed by atoms with van der Waals surface area (Å²) in [4.78, 5) is 43.9. The molecule has 2 aliphatic rings. The van der Waals surface area contributed by atoms with Crippen LogP contribution in [0.3, 0.4) is 0 Å². The van der Waals surface area contributed by atoms with Crippen LogP contribution in [0.25, 0.3) is 0 Å². The lowest BCUT2D eigenvalue weighted by atomic mass is 9.88. The van der Waals surface area contributed by atoms with Crippen molar-refractivity contribution in [1.29, 1.82) is 0 Å². The van der Waals surface area contributed by atoms with Crippen LogP contribution in [0, 0.1) is 11.8 Å². The van der Waals surface area contributed by atoms with Gasteiger partial charge in [-0.25, -0.2) is 4.79 Å². The summed E-state index contributed by atoms with van der Waals surface area (Å²) < 4.78 is 12.7. The van der Waals surface area contributed by atoms with E-state index < -0.39 is 12.1 Å². The van der Waals surface area contributed by atoms with Crippen molar-refractivity contribution in [3.8, 4) is 5.75 Å². The Balaban J connectivity index is 1.58. The summed E-state index contributed by atoms with van der Waals surface area (Å²) in [5.41, 5.74) is 1.38. The van der Waals surface area contributed by atoms with Gasteiger partial charge in [-0.1, -0.05) is 44.4 Å². The molecule has 46 heavy (non-hydrogen) atoms. The van der Waals surface area contributed by atoms with Crippen LogP contribution in [0.1, 0.15) is 82.5 Å². The maximum Gasteiger partial charge on any atom is 0.323 e. The Morgan fingerprint density at radius 2 is 1.67 bits per heavy atom. The summed E-state index contributed by atoms with van der Waals surface area (Å²) in [6.45, 7) is 6.88. The number of urea groups is 1. The number of benzene rings is 2. The average Bonchev–Trinajstić information content (AvgIpc) is 3.06. The fourth-order valence-electron chi connectivity index (χ4n) is 6.30. The maximum absolute atomic E-state index is 14.3. The highest BCUT2D eigenvalue weighted by Crippen LogP contribution is 2.29. The molecule has 1 saturated carbocycles. The number of fused-ring (bicyclic) bond motifs is 1. The third kappa shape index (κ3) is 9.93. The Morgan fingerprint density at radius 1 is 0.978 bits per heavy atom. The van der Waals surface area contributed by atoms with E-state index in [-0.39, 0.29) is 42.5 Å². The summed E-state index contributed by atoms with van der Waals surface area (Å²) in [5, 5.41) is 15.8. The number of hydrogen-bond donors (Lipinski definition) is 3. The van der Waals surface area contributed by atoms with E-state index in [1.165, 1.54) is 6.42 Å². The molecule has 252 valence electrons. The number of para-hydroxylation sites is 1. The number of aliphatic hydroxyl groups excluding tert-OH is 1. The average molecular weight is 637 g/mol. The van der Waals surface area contributed by atoms with Crippen LogP contribution in [-0.2, 0) is 9.53 Å². The summed E-state index contributed by atoms with van der Waals surface area (Å²) in [6, 6.07) is 13.3. The van der Waals surface area contributed by atoms with E-state index in [2.05, 4.69) is 10.6 Å². The van der Waals surface area contributed by atoms with Gasteiger partial charge in [0.2, 0.25) is 5.91 Å². The number of aliphatic hydroxyl groups is 1. The fraction of sp³-hybridized carbons (Fsp3) is 0.583. The fourth-order valence-corrected chi connectivity index (χ4v) is 6.30. The van der Waals surface area contributed by atoms with Gasteiger partial charge in [0.05, 0.1) is 30.4 Å². The third-order valence-electron chi connectivity index (χ3n) is 9.13. The van der Waals surface area contributed by atoms with Crippen LogP contribution >= 0.6 is 0 Å². The van der Waals surface area contributed by atoms with Gasteiger partial charge < -0.3 is 35.0 Å². The van der Waals surface area contributed by atoms with Gasteiger partial charge in [0.1, 0.15) is 5.75 Å². The molecule has 0 aromatic heterocycles. The highest BCUT2D eigenvalue weighted by Gasteiger charge is 2.32. The van der Waals surface area contributed by atoms with E-state index in [9.17, 15) is 19.5 Å². The zero-order valence-corrected chi connectivity index (χ0v) is 27.9. The molecule has 1 heterocycles. The first-order chi connectivity index (χ1) is 22.2. The molecule has 0 bridgehead atoms. The van der Waals surface area contributed by atoms with Gasteiger partial charge in [0.25, 0.3) is 5.91 Å². The molecule has 0 saturated heterocycles. The number of ether oxygens (including phenoxy) is 2. The minimum Gasteiger partial charge on any atom is -0.490 e. The smallest absolute Gasteiger partial charge is 0.323 e. The van der Waals surface area contributed by atoms with Crippen molar-refractivity contribution in [2.45, 2.75) is 90.4 Å². The van der Waals surface area contributed by atoms with Gasteiger partial charge in [-0.15, -0.1) is 0 Å². The zero-order valence-electron chi connectivity index (χ0n) is 27.9. The molecule has 10 heteroatoms. The quantitative estimate of drug-likeness (QED) is 0.335.